The Balaban J connectivity index is 1.18. The number of aromatic nitrogens is 2. The predicted octanol–water partition coefficient (Wildman–Crippen LogP) is 2.98. The number of carbonyl (C=O) groups is 4. The third-order valence-electron chi connectivity index (χ3n) is 8.48. The molecule has 13 heteroatoms. The third-order valence-corrected chi connectivity index (χ3v) is 9.71. The lowest BCUT2D eigenvalue weighted by Gasteiger charge is -2.37. The van der Waals surface area contributed by atoms with Crippen LogP contribution in [-0.4, -0.2) is 60.5 Å². The van der Waals surface area contributed by atoms with Crippen molar-refractivity contribution in [2.24, 2.45) is 0 Å². The number of urea groups is 1. The van der Waals surface area contributed by atoms with Gasteiger partial charge in [-0.1, -0.05) is 12.1 Å². The smallest absolute Gasteiger partial charge is 0.333 e. The monoisotopic (exact) mass is 605 g/mol. The van der Waals surface area contributed by atoms with Crippen LogP contribution in [0, 0.1) is 0 Å². The standard InChI is InChI=1S/C30H31N5O7S/c1-30(2)23-11-10-19(42-3)15-22(23)27(37)34(28(30)38)16-25(36)35-13-12-24(32-35)43(40,41)33-29(39)31-26-20-8-4-6-17(20)14-18-7-5-9-21(18)26/h10-15H,4-9,16H2,1-3H3,(H2,31,33,39). The molecule has 0 radical (unpaired) electrons. The maximum atomic E-state index is 13.3. The summed E-state index contributed by atoms with van der Waals surface area (Å²) in [4.78, 5) is 53.3. The molecule has 0 fully saturated rings. The van der Waals surface area contributed by atoms with Crippen molar-refractivity contribution in [1.82, 2.24) is 19.4 Å². The summed E-state index contributed by atoms with van der Waals surface area (Å²) in [6.45, 7) is 2.63. The molecule has 2 N–H and O–H groups in total. The van der Waals surface area contributed by atoms with Gasteiger partial charge in [-0.15, -0.1) is 0 Å². The van der Waals surface area contributed by atoms with Gasteiger partial charge in [0.05, 0.1) is 12.5 Å². The molecule has 0 bridgehead atoms. The van der Waals surface area contributed by atoms with Crippen LogP contribution in [0.15, 0.2) is 41.6 Å². The number of hydrogen-bond donors (Lipinski definition) is 2. The quantitative estimate of drug-likeness (QED) is 0.406. The molecule has 12 nitrogen and oxygen atoms in total. The molecule has 224 valence electrons. The average molecular weight is 606 g/mol. The number of sulfonamides is 1. The van der Waals surface area contributed by atoms with Gasteiger partial charge in [-0.2, -0.15) is 13.5 Å². The summed E-state index contributed by atoms with van der Waals surface area (Å²) in [5, 5.41) is 6.05. The zero-order chi connectivity index (χ0) is 30.7. The number of anilines is 1. The lowest BCUT2D eigenvalue weighted by molar-refractivity contribution is -0.133. The minimum atomic E-state index is -4.45. The van der Waals surface area contributed by atoms with Crippen LogP contribution < -0.4 is 14.8 Å². The largest absolute Gasteiger partial charge is 0.497 e. The van der Waals surface area contributed by atoms with Crippen molar-refractivity contribution >= 4 is 39.5 Å². The van der Waals surface area contributed by atoms with E-state index in [-0.39, 0.29) is 5.56 Å². The Kier molecular flexibility index (Phi) is 6.87. The molecule has 2 aromatic carbocycles. The van der Waals surface area contributed by atoms with Gasteiger partial charge < -0.3 is 10.1 Å². The molecule has 0 saturated heterocycles. The molecule has 4 amide bonds. The number of amides is 4. The average Bonchev–Trinajstić information content (AvgIpc) is 3.75. The molecule has 0 spiro atoms. The third kappa shape index (κ3) is 4.86. The van der Waals surface area contributed by atoms with Crippen molar-refractivity contribution in [3.8, 4) is 5.75 Å². The second kappa shape index (κ2) is 10.3. The van der Waals surface area contributed by atoms with E-state index >= 15 is 0 Å². The SMILES string of the molecule is COc1ccc2c(c1)C(=O)N(CC(=O)n1ccc(S(=O)(=O)NC(=O)Nc3c4c(cc5c3CCC5)CCC4)n1)C(=O)C2(C)C. The van der Waals surface area contributed by atoms with E-state index < -0.39 is 50.8 Å². The van der Waals surface area contributed by atoms with Gasteiger partial charge in [0.2, 0.25) is 5.91 Å². The lowest BCUT2D eigenvalue weighted by Crippen LogP contribution is -2.53. The Hall–Kier alpha value is -4.52. The van der Waals surface area contributed by atoms with E-state index in [2.05, 4.69) is 16.5 Å². The van der Waals surface area contributed by atoms with E-state index in [1.807, 2.05) is 4.72 Å². The summed E-state index contributed by atoms with van der Waals surface area (Å²) in [5.74, 6) is -1.65. The minimum Gasteiger partial charge on any atom is -0.497 e. The highest BCUT2D eigenvalue weighted by atomic mass is 32.2. The van der Waals surface area contributed by atoms with Gasteiger partial charge in [0.1, 0.15) is 12.3 Å². The molecule has 1 aromatic heterocycles. The van der Waals surface area contributed by atoms with Gasteiger partial charge in [-0.05, 0) is 98.4 Å². The highest BCUT2D eigenvalue weighted by Crippen LogP contribution is 2.39. The van der Waals surface area contributed by atoms with Crippen molar-refractivity contribution in [2.75, 3.05) is 19.0 Å². The van der Waals surface area contributed by atoms with E-state index in [1.165, 1.54) is 24.3 Å². The number of carbonyl (C=O) groups excluding carboxylic acids is 4. The summed E-state index contributed by atoms with van der Waals surface area (Å²) in [6, 6.07) is 7.16. The number of nitrogens with one attached hydrogen (secondary N) is 2. The van der Waals surface area contributed by atoms with Crippen LogP contribution in [0.2, 0.25) is 0 Å². The molecule has 3 aliphatic rings. The minimum absolute atomic E-state index is 0.227. The van der Waals surface area contributed by atoms with E-state index in [0.717, 1.165) is 71.5 Å². The number of imide groups is 1. The van der Waals surface area contributed by atoms with Crippen LogP contribution in [0.3, 0.4) is 0 Å². The fourth-order valence-electron chi connectivity index (χ4n) is 6.28. The highest BCUT2D eigenvalue weighted by Gasteiger charge is 2.45. The van der Waals surface area contributed by atoms with Crippen molar-refractivity contribution in [1.29, 1.82) is 0 Å². The number of methoxy groups -OCH3 is 1. The van der Waals surface area contributed by atoms with Gasteiger partial charge in [-0.25, -0.2) is 14.2 Å². The Labute approximate surface area is 248 Å². The first-order valence-electron chi connectivity index (χ1n) is 14.0. The molecule has 3 aromatic rings. The van der Waals surface area contributed by atoms with Crippen LogP contribution in [0.1, 0.15) is 69.7 Å². The van der Waals surface area contributed by atoms with Crippen LogP contribution in [-0.2, 0) is 45.9 Å². The van der Waals surface area contributed by atoms with E-state index in [0.29, 0.717) is 17.0 Å². The molecule has 6 rings (SSSR count). The first kappa shape index (κ1) is 28.6. The number of aryl methyl sites for hydroxylation is 2. The second-order valence-electron chi connectivity index (χ2n) is 11.5. The number of hydrogen-bond acceptors (Lipinski definition) is 8. The Morgan fingerprint density at radius 3 is 2.33 bits per heavy atom. The van der Waals surface area contributed by atoms with Crippen LogP contribution in [0.5, 0.6) is 5.75 Å². The number of nitrogens with zero attached hydrogens (tertiary/aromatic N) is 3. The molecule has 0 atom stereocenters. The maximum Gasteiger partial charge on any atom is 0.333 e. The fourth-order valence-corrected chi connectivity index (χ4v) is 7.12. The Morgan fingerprint density at radius 1 is 1.00 bits per heavy atom. The van der Waals surface area contributed by atoms with Crippen LogP contribution in [0.4, 0.5) is 10.5 Å². The van der Waals surface area contributed by atoms with Crippen LogP contribution in [0.25, 0.3) is 0 Å². The topological polar surface area (TPSA) is 157 Å². The van der Waals surface area contributed by atoms with Crippen molar-refractivity contribution < 1.29 is 32.3 Å². The number of fused-ring (bicyclic) bond motifs is 3. The van der Waals surface area contributed by atoms with Crippen molar-refractivity contribution in [2.45, 2.75) is 62.8 Å². The number of rotatable bonds is 6. The first-order valence-corrected chi connectivity index (χ1v) is 15.5. The fraction of sp³-hybridized carbons (Fsp3) is 0.367. The molecule has 2 heterocycles. The summed E-state index contributed by atoms with van der Waals surface area (Å²) in [5.41, 5.74) is 4.79. The first-order chi connectivity index (χ1) is 20.4. The molecule has 0 saturated carbocycles. The molecule has 43 heavy (non-hydrogen) atoms. The highest BCUT2D eigenvalue weighted by molar-refractivity contribution is 7.90. The zero-order valence-electron chi connectivity index (χ0n) is 24.0. The predicted molar refractivity (Wildman–Crippen MR) is 155 cm³/mol. The van der Waals surface area contributed by atoms with Crippen LogP contribution >= 0.6 is 0 Å². The summed E-state index contributed by atoms with van der Waals surface area (Å²) in [6.07, 6.45) is 6.54. The van der Waals surface area contributed by atoms with E-state index in [4.69, 9.17) is 4.74 Å². The maximum absolute atomic E-state index is 13.3. The lowest BCUT2D eigenvalue weighted by atomic mass is 9.77. The molecular weight excluding hydrogens is 574 g/mol. The van der Waals surface area contributed by atoms with Crippen molar-refractivity contribution in [3.05, 3.63) is 69.9 Å². The van der Waals surface area contributed by atoms with E-state index in [9.17, 15) is 27.6 Å². The van der Waals surface area contributed by atoms with Gasteiger partial charge in [0, 0.05) is 17.4 Å². The van der Waals surface area contributed by atoms with Gasteiger partial charge in [0.15, 0.2) is 5.03 Å². The summed E-state index contributed by atoms with van der Waals surface area (Å²) in [7, 11) is -3.00. The molecule has 0 unspecified atom stereocenters. The molecule has 2 aliphatic carbocycles. The van der Waals surface area contributed by atoms with E-state index in [1.54, 1.807) is 26.0 Å². The van der Waals surface area contributed by atoms with Gasteiger partial charge >= 0.3 is 6.03 Å². The second-order valence-corrected chi connectivity index (χ2v) is 13.1. The Bertz CT molecular complexity index is 1790. The van der Waals surface area contributed by atoms with Gasteiger partial charge in [0.25, 0.3) is 21.8 Å². The Morgan fingerprint density at radius 2 is 1.67 bits per heavy atom. The normalized spacial score (nSPS) is 16.9. The number of benzene rings is 2. The molecular formula is C30H31N5O7S. The van der Waals surface area contributed by atoms with Crippen molar-refractivity contribution in [3.63, 3.8) is 0 Å². The zero-order valence-corrected chi connectivity index (χ0v) is 24.8. The number of ether oxygens (including phenoxy) is 1. The summed E-state index contributed by atoms with van der Waals surface area (Å²) >= 11 is 0. The van der Waals surface area contributed by atoms with Gasteiger partial charge in [-0.3, -0.25) is 19.3 Å². The summed E-state index contributed by atoms with van der Waals surface area (Å²) < 4.78 is 34.0. The molecule has 1 aliphatic heterocycles.